The highest BCUT2D eigenvalue weighted by atomic mass is 32.1. The molecular formula is C21H24N4S. The van der Waals surface area contributed by atoms with Crippen molar-refractivity contribution < 1.29 is 0 Å². The zero-order valence-corrected chi connectivity index (χ0v) is 15.8. The van der Waals surface area contributed by atoms with E-state index in [4.69, 9.17) is 4.98 Å². The van der Waals surface area contributed by atoms with E-state index in [-0.39, 0.29) is 0 Å². The van der Waals surface area contributed by atoms with Crippen molar-refractivity contribution in [2.75, 3.05) is 13.1 Å². The first-order valence-electron chi connectivity index (χ1n) is 9.77. The number of nitrogens with zero attached hydrogens (tertiary/aromatic N) is 4. The molecule has 0 amide bonds. The fourth-order valence-corrected chi connectivity index (χ4v) is 5.43. The van der Waals surface area contributed by atoms with Gasteiger partial charge < -0.3 is 4.90 Å². The lowest BCUT2D eigenvalue weighted by Crippen LogP contribution is -2.44. The number of rotatable bonds is 3. The molecule has 0 unspecified atom stereocenters. The van der Waals surface area contributed by atoms with E-state index in [0.717, 1.165) is 17.1 Å². The van der Waals surface area contributed by atoms with Crippen molar-refractivity contribution in [3.05, 3.63) is 41.9 Å². The number of hydrogen-bond donors (Lipinski definition) is 0. The summed E-state index contributed by atoms with van der Waals surface area (Å²) in [4.78, 5) is 15.9. The van der Waals surface area contributed by atoms with Crippen LogP contribution >= 0.6 is 11.3 Å². The highest BCUT2D eigenvalue weighted by molar-refractivity contribution is 7.18. The molecule has 1 aliphatic heterocycles. The Morgan fingerprint density at radius 2 is 1.69 bits per heavy atom. The van der Waals surface area contributed by atoms with Crippen LogP contribution < -0.4 is 0 Å². The van der Waals surface area contributed by atoms with Gasteiger partial charge in [0.05, 0.1) is 15.2 Å². The summed E-state index contributed by atoms with van der Waals surface area (Å²) in [6, 6.07) is 7.30. The Morgan fingerprint density at radius 3 is 2.46 bits per heavy atom. The minimum Gasteiger partial charge on any atom is -0.300 e. The summed E-state index contributed by atoms with van der Waals surface area (Å²) in [5.41, 5.74) is 3.36. The number of thiazole rings is 1. The first-order chi connectivity index (χ1) is 12.9. The van der Waals surface area contributed by atoms with Crippen molar-refractivity contribution >= 4 is 21.6 Å². The number of fused-ring (bicyclic) bond motifs is 1. The molecule has 0 bridgehead atoms. The lowest BCUT2D eigenvalue weighted by molar-refractivity contribution is 0.113. The minimum atomic E-state index is 0.657. The summed E-state index contributed by atoms with van der Waals surface area (Å²) in [5, 5.41) is 1.33. The molecule has 2 aliphatic rings. The fourth-order valence-electron chi connectivity index (χ4n) is 4.29. The maximum atomic E-state index is 4.94. The van der Waals surface area contributed by atoms with Crippen LogP contribution in [0.2, 0.25) is 0 Å². The Labute approximate surface area is 158 Å². The molecule has 26 heavy (non-hydrogen) atoms. The maximum Gasteiger partial charge on any atom is 0.115 e. The SMILES string of the molecule is c1ncc(-c2ccc3nc(C4CC(N5CCCCCC5)C4)sc3c2)cn1. The predicted molar refractivity (Wildman–Crippen MR) is 106 cm³/mol. The van der Waals surface area contributed by atoms with Gasteiger partial charge in [-0.3, -0.25) is 0 Å². The van der Waals surface area contributed by atoms with E-state index in [0.29, 0.717) is 5.92 Å². The van der Waals surface area contributed by atoms with Crippen LogP contribution in [0.15, 0.2) is 36.9 Å². The average molecular weight is 365 g/mol. The van der Waals surface area contributed by atoms with Gasteiger partial charge in [0.25, 0.3) is 0 Å². The van der Waals surface area contributed by atoms with Crippen LogP contribution in [0, 0.1) is 0 Å². The quantitative estimate of drug-likeness (QED) is 0.664. The molecule has 3 heterocycles. The molecule has 2 fully saturated rings. The van der Waals surface area contributed by atoms with Gasteiger partial charge in [-0.1, -0.05) is 18.9 Å². The summed E-state index contributed by atoms with van der Waals surface area (Å²) in [6.45, 7) is 2.61. The molecule has 0 radical (unpaired) electrons. The van der Waals surface area contributed by atoms with E-state index in [1.54, 1.807) is 6.33 Å². The van der Waals surface area contributed by atoms with Crippen LogP contribution in [0.1, 0.15) is 49.5 Å². The minimum absolute atomic E-state index is 0.657. The van der Waals surface area contributed by atoms with Crippen LogP contribution in [-0.2, 0) is 0 Å². The van der Waals surface area contributed by atoms with E-state index < -0.39 is 0 Å². The molecule has 3 aromatic rings. The highest BCUT2D eigenvalue weighted by Crippen LogP contribution is 2.43. The Hall–Kier alpha value is -1.85. The van der Waals surface area contributed by atoms with E-state index >= 15 is 0 Å². The third kappa shape index (κ3) is 3.14. The van der Waals surface area contributed by atoms with Gasteiger partial charge >= 0.3 is 0 Å². The standard InChI is InChI=1S/C21H24N4S/c1-2-4-8-25(7-3-1)18-9-16(10-18)21-24-19-6-5-15(11-20(19)26-21)17-12-22-14-23-13-17/h5-6,11-14,16,18H,1-4,7-10H2. The Balaban J connectivity index is 1.31. The van der Waals surface area contributed by atoms with E-state index in [2.05, 4.69) is 33.1 Å². The molecule has 5 heteroatoms. The van der Waals surface area contributed by atoms with Crippen molar-refractivity contribution in [3.63, 3.8) is 0 Å². The van der Waals surface area contributed by atoms with Crippen molar-refractivity contribution in [3.8, 4) is 11.1 Å². The second-order valence-corrected chi connectivity index (χ2v) is 8.70. The predicted octanol–water partition coefficient (Wildman–Crippen LogP) is 4.88. The number of aromatic nitrogens is 3. The lowest BCUT2D eigenvalue weighted by atomic mass is 9.79. The van der Waals surface area contributed by atoms with Crippen LogP contribution in [0.3, 0.4) is 0 Å². The number of hydrogen-bond acceptors (Lipinski definition) is 5. The molecule has 1 aromatic carbocycles. The van der Waals surface area contributed by atoms with Gasteiger partial charge in [0.15, 0.2) is 0 Å². The summed E-state index contributed by atoms with van der Waals surface area (Å²) in [6.07, 6.45) is 13.5. The molecule has 2 aromatic heterocycles. The van der Waals surface area contributed by atoms with Gasteiger partial charge in [-0.25, -0.2) is 15.0 Å². The Bertz CT molecular complexity index is 877. The monoisotopic (exact) mass is 364 g/mol. The first kappa shape index (κ1) is 16.3. The normalized spacial score (nSPS) is 24.3. The van der Waals surface area contributed by atoms with Gasteiger partial charge in [-0.15, -0.1) is 11.3 Å². The summed E-state index contributed by atoms with van der Waals surface area (Å²) < 4.78 is 1.28. The maximum absolute atomic E-state index is 4.94. The van der Waals surface area contributed by atoms with Gasteiger partial charge in [-0.2, -0.15) is 0 Å². The number of benzene rings is 1. The second kappa shape index (κ2) is 7.05. The summed E-state index contributed by atoms with van der Waals surface area (Å²) >= 11 is 1.87. The van der Waals surface area contributed by atoms with Gasteiger partial charge in [0, 0.05) is 29.9 Å². The van der Waals surface area contributed by atoms with Gasteiger partial charge in [0.2, 0.25) is 0 Å². The molecule has 0 spiro atoms. The van der Waals surface area contributed by atoms with Crippen molar-refractivity contribution in [2.45, 2.75) is 50.5 Å². The third-order valence-corrected chi connectivity index (χ3v) is 7.10. The van der Waals surface area contributed by atoms with Crippen LogP contribution in [0.4, 0.5) is 0 Å². The topological polar surface area (TPSA) is 41.9 Å². The molecule has 0 N–H and O–H groups in total. The molecule has 4 nitrogen and oxygen atoms in total. The first-order valence-corrected chi connectivity index (χ1v) is 10.6. The summed E-state index contributed by atoms with van der Waals surface area (Å²) in [7, 11) is 0. The molecular weight excluding hydrogens is 340 g/mol. The molecule has 1 saturated heterocycles. The smallest absolute Gasteiger partial charge is 0.115 e. The third-order valence-electron chi connectivity index (χ3n) is 5.92. The van der Waals surface area contributed by atoms with Crippen LogP contribution in [-0.4, -0.2) is 39.0 Å². The largest absolute Gasteiger partial charge is 0.300 e. The van der Waals surface area contributed by atoms with Crippen LogP contribution in [0.5, 0.6) is 0 Å². The van der Waals surface area contributed by atoms with E-state index in [1.165, 1.54) is 66.9 Å². The zero-order valence-electron chi connectivity index (χ0n) is 15.0. The molecule has 0 atom stereocenters. The van der Waals surface area contributed by atoms with Crippen molar-refractivity contribution in [1.29, 1.82) is 0 Å². The Kier molecular flexibility index (Phi) is 4.43. The van der Waals surface area contributed by atoms with Crippen molar-refractivity contribution in [1.82, 2.24) is 19.9 Å². The van der Waals surface area contributed by atoms with Crippen molar-refractivity contribution in [2.24, 2.45) is 0 Å². The molecule has 134 valence electrons. The molecule has 1 aliphatic carbocycles. The fraction of sp³-hybridized carbons (Fsp3) is 0.476. The van der Waals surface area contributed by atoms with E-state index in [9.17, 15) is 0 Å². The van der Waals surface area contributed by atoms with Crippen LogP contribution in [0.25, 0.3) is 21.3 Å². The lowest BCUT2D eigenvalue weighted by Gasteiger charge is -2.42. The highest BCUT2D eigenvalue weighted by Gasteiger charge is 2.36. The average Bonchev–Trinajstić information content (AvgIpc) is 2.87. The number of likely N-dealkylation sites (tertiary alicyclic amines) is 1. The van der Waals surface area contributed by atoms with Gasteiger partial charge in [0.1, 0.15) is 6.33 Å². The zero-order chi connectivity index (χ0) is 17.3. The molecule has 1 saturated carbocycles. The molecule has 5 rings (SSSR count). The van der Waals surface area contributed by atoms with E-state index in [1.807, 2.05) is 23.7 Å². The van der Waals surface area contributed by atoms with Gasteiger partial charge in [-0.05, 0) is 56.5 Å². The summed E-state index contributed by atoms with van der Waals surface area (Å²) in [5.74, 6) is 0.657. The Morgan fingerprint density at radius 1 is 0.923 bits per heavy atom. The second-order valence-electron chi connectivity index (χ2n) is 7.63.